The maximum atomic E-state index is 2.65. The van der Waals surface area contributed by atoms with Crippen molar-refractivity contribution in [2.75, 3.05) is 70.3 Å². The van der Waals surface area contributed by atoms with E-state index in [1.807, 2.05) is 0 Å². The van der Waals surface area contributed by atoms with Crippen LogP contribution >= 0.6 is 0 Å². The molecule has 0 spiro atoms. The Labute approximate surface area is 173 Å². The number of benzene rings is 1. The van der Waals surface area contributed by atoms with E-state index in [-0.39, 0.29) is 5.41 Å². The number of piperazine rings is 2. The fourth-order valence-electron chi connectivity index (χ4n) is 4.33. The Morgan fingerprint density at radius 3 is 1.54 bits per heavy atom. The van der Waals surface area contributed by atoms with Gasteiger partial charge in [0.2, 0.25) is 0 Å². The van der Waals surface area contributed by atoms with E-state index in [9.17, 15) is 0 Å². The van der Waals surface area contributed by atoms with E-state index < -0.39 is 0 Å². The molecule has 2 aliphatic rings. The van der Waals surface area contributed by atoms with E-state index in [1.165, 1.54) is 63.6 Å². The average Bonchev–Trinajstić information content (AvgIpc) is 2.66. The van der Waals surface area contributed by atoms with Gasteiger partial charge in [0.15, 0.2) is 0 Å². The normalized spacial score (nSPS) is 21.3. The molecule has 2 fully saturated rings. The second kappa shape index (κ2) is 8.73. The Bertz CT molecular complexity index is 595. The molecule has 0 atom stereocenters. The molecule has 158 valence electrons. The number of hydrogen-bond donors (Lipinski definition) is 0. The number of hydrogen-bond acceptors (Lipinski definition) is 4. The highest BCUT2D eigenvalue weighted by molar-refractivity contribution is 5.49. The number of rotatable bonds is 4. The Morgan fingerprint density at radius 2 is 1.11 bits per heavy atom. The average molecular weight is 387 g/mol. The molecule has 28 heavy (non-hydrogen) atoms. The van der Waals surface area contributed by atoms with Gasteiger partial charge in [-0.05, 0) is 43.9 Å². The van der Waals surface area contributed by atoms with Crippen LogP contribution in [-0.4, -0.2) is 85.7 Å². The molecular formula is C24H42N4. The van der Waals surface area contributed by atoms with Crippen LogP contribution in [0.5, 0.6) is 0 Å². The first-order valence-corrected chi connectivity index (χ1v) is 11.2. The molecular weight excluding hydrogens is 344 g/mol. The smallest absolute Gasteiger partial charge is 0.0367 e. The topological polar surface area (TPSA) is 13.0 Å². The molecule has 0 bridgehead atoms. The predicted molar refractivity (Wildman–Crippen MR) is 122 cm³/mol. The summed E-state index contributed by atoms with van der Waals surface area (Å²) in [5.74, 6) is 0. The van der Waals surface area contributed by atoms with Crippen molar-refractivity contribution in [1.29, 1.82) is 0 Å². The fourth-order valence-corrected chi connectivity index (χ4v) is 4.33. The summed E-state index contributed by atoms with van der Waals surface area (Å²) < 4.78 is 0. The highest BCUT2D eigenvalue weighted by Gasteiger charge is 2.26. The van der Waals surface area contributed by atoms with E-state index in [2.05, 4.69) is 85.4 Å². The minimum absolute atomic E-state index is 0.232. The first-order chi connectivity index (χ1) is 13.1. The van der Waals surface area contributed by atoms with Crippen LogP contribution in [-0.2, 0) is 5.41 Å². The Hall–Kier alpha value is -1.10. The molecule has 3 rings (SSSR count). The highest BCUT2D eigenvalue weighted by Crippen LogP contribution is 2.25. The summed E-state index contributed by atoms with van der Waals surface area (Å²) in [4.78, 5) is 10.5. The minimum Gasteiger partial charge on any atom is -0.369 e. The van der Waals surface area contributed by atoms with Crippen LogP contribution in [0.15, 0.2) is 24.3 Å². The molecule has 0 unspecified atom stereocenters. The Kier molecular flexibility index (Phi) is 6.73. The zero-order chi connectivity index (χ0) is 20.4. The molecule has 0 aliphatic carbocycles. The van der Waals surface area contributed by atoms with Crippen molar-refractivity contribution >= 4 is 5.69 Å². The molecule has 2 heterocycles. The molecule has 4 nitrogen and oxygen atoms in total. The quantitative estimate of drug-likeness (QED) is 0.785. The predicted octanol–water partition coefficient (Wildman–Crippen LogP) is 3.52. The molecule has 0 radical (unpaired) electrons. The van der Waals surface area contributed by atoms with Crippen molar-refractivity contribution in [1.82, 2.24) is 14.7 Å². The molecule has 1 aromatic rings. The molecule has 0 N–H and O–H groups in total. The second-order valence-corrected chi connectivity index (χ2v) is 10.6. The van der Waals surface area contributed by atoms with Crippen LogP contribution in [0.25, 0.3) is 0 Å². The molecule has 2 saturated heterocycles. The van der Waals surface area contributed by atoms with Crippen molar-refractivity contribution in [3.63, 3.8) is 0 Å². The monoisotopic (exact) mass is 386 g/mol. The first-order valence-electron chi connectivity index (χ1n) is 11.2. The van der Waals surface area contributed by atoms with Crippen LogP contribution in [0.3, 0.4) is 0 Å². The third-order valence-electron chi connectivity index (χ3n) is 6.52. The maximum Gasteiger partial charge on any atom is 0.0367 e. The molecule has 4 heteroatoms. The molecule has 0 saturated carbocycles. The van der Waals surface area contributed by atoms with Crippen molar-refractivity contribution in [3.8, 4) is 0 Å². The van der Waals surface area contributed by atoms with Crippen LogP contribution in [0.2, 0.25) is 0 Å². The van der Waals surface area contributed by atoms with Crippen molar-refractivity contribution in [2.24, 2.45) is 0 Å². The third kappa shape index (κ3) is 5.71. The lowest BCUT2D eigenvalue weighted by Gasteiger charge is -2.43. The summed E-state index contributed by atoms with van der Waals surface area (Å²) in [5.41, 5.74) is 3.34. The summed E-state index contributed by atoms with van der Waals surface area (Å²) >= 11 is 0. The summed E-state index contributed by atoms with van der Waals surface area (Å²) in [6.07, 6.45) is 0. The summed E-state index contributed by atoms with van der Waals surface area (Å²) in [5, 5.41) is 0. The fraction of sp³-hybridized carbons (Fsp3) is 0.750. The van der Waals surface area contributed by atoms with Crippen molar-refractivity contribution in [3.05, 3.63) is 29.8 Å². The standard InChI is InChI=1S/C24H42N4/c1-23(2,3)21-7-9-22(10-8-21)27-17-13-25(14-18-27)11-12-26-15-19-28(20-16-26)24(4,5)6/h7-10H,11-20H2,1-6H3. The lowest BCUT2D eigenvalue weighted by molar-refractivity contribution is 0.0571. The van der Waals surface area contributed by atoms with E-state index in [1.54, 1.807) is 0 Å². The van der Waals surface area contributed by atoms with Gasteiger partial charge in [-0.15, -0.1) is 0 Å². The third-order valence-corrected chi connectivity index (χ3v) is 6.52. The molecule has 0 amide bonds. The number of anilines is 1. The van der Waals surface area contributed by atoms with Gasteiger partial charge in [-0.3, -0.25) is 14.7 Å². The van der Waals surface area contributed by atoms with Crippen LogP contribution in [0.4, 0.5) is 5.69 Å². The van der Waals surface area contributed by atoms with Gasteiger partial charge in [0.05, 0.1) is 0 Å². The van der Waals surface area contributed by atoms with Gasteiger partial charge in [-0.25, -0.2) is 0 Å². The zero-order valence-corrected chi connectivity index (χ0v) is 19.2. The summed E-state index contributed by atoms with van der Waals surface area (Å²) in [6.45, 7) is 25.8. The van der Waals surface area contributed by atoms with E-state index >= 15 is 0 Å². The second-order valence-electron chi connectivity index (χ2n) is 10.6. The van der Waals surface area contributed by atoms with Gasteiger partial charge >= 0.3 is 0 Å². The van der Waals surface area contributed by atoms with E-state index in [0.29, 0.717) is 5.54 Å². The van der Waals surface area contributed by atoms with Gasteiger partial charge in [0.25, 0.3) is 0 Å². The molecule has 2 aliphatic heterocycles. The SMILES string of the molecule is CC(C)(C)c1ccc(N2CCN(CCN3CCN(C(C)(C)C)CC3)CC2)cc1. The van der Waals surface area contributed by atoms with Crippen molar-refractivity contribution in [2.45, 2.75) is 52.5 Å². The van der Waals surface area contributed by atoms with Crippen molar-refractivity contribution < 1.29 is 0 Å². The van der Waals surface area contributed by atoms with Crippen LogP contribution in [0.1, 0.15) is 47.1 Å². The van der Waals surface area contributed by atoms with Gasteiger partial charge in [-0.2, -0.15) is 0 Å². The minimum atomic E-state index is 0.232. The van der Waals surface area contributed by atoms with E-state index in [0.717, 1.165) is 13.1 Å². The van der Waals surface area contributed by atoms with E-state index in [4.69, 9.17) is 0 Å². The van der Waals surface area contributed by atoms with Gasteiger partial charge in [0.1, 0.15) is 0 Å². The first kappa shape index (κ1) is 21.6. The summed E-state index contributed by atoms with van der Waals surface area (Å²) in [6, 6.07) is 9.23. The molecule has 0 aromatic heterocycles. The lowest BCUT2D eigenvalue weighted by atomic mass is 9.87. The van der Waals surface area contributed by atoms with Gasteiger partial charge in [-0.1, -0.05) is 32.9 Å². The van der Waals surface area contributed by atoms with Gasteiger partial charge < -0.3 is 4.90 Å². The molecule has 1 aromatic carbocycles. The Morgan fingerprint density at radius 1 is 0.643 bits per heavy atom. The number of nitrogens with zero attached hydrogens (tertiary/aromatic N) is 4. The van der Waals surface area contributed by atoms with Crippen LogP contribution < -0.4 is 4.90 Å². The summed E-state index contributed by atoms with van der Waals surface area (Å²) in [7, 11) is 0. The Balaban J connectivity index is 1.39. The van der Waals surface area contributed by atoms with Gasteiger partial charge in [0, 0.05) is 76.7 Å². The largest absolute Gasteiger partial charge is 0.369 e. The zero-order valence-electron chi connectivity index (χ0n) is 19.2. The maximum absolute atomic E-state index is 2.65. The lowest BCUT2D eigenvalue weighted by Crippen LogP contribution is -2.55. The highest BCUT2D eigenvalue weighted by atomic mass is 15.3. The van der Waals surface area contributed by atoms with Crippen LogP contribution in [0, 0.1) is 0 Å².